The lowest BCUT2D eigenvalue weighted by atomic mass is 9.99. The van der Waals surface area contributed by atoms with E-state index in [0.717, 1.165) is 64.2 Å². The second-order valence-electron chi connectivity index (χ2n) is 22.1. The molecule has 1 aliphatic rings. The molecule has 0 bridgehead atoms. The number of nitrogens with one attached hydrogen (secondary N) is 1. The quantitative estimate of drug-likeness (QED) is 0.0195. The maximum absolute atomic E-state index is 13.4. The molecule has 0 aliphatic carbocycles. The van der Waals surface area contributed by atoms with Gasteiger partial charge >= 0.3 is 5.97 Å². The summed E-state index contributed by atoms with van der Waals surface area (Å²) in [5.41, 5.74) is 0. The van der Waals surface area contributed by atoms with Crippen LogP contribution in [0.4, 0.5) is 0 Å². The Labute approximate surface area is 454 Å². The molecule has 1 rings (SSSR count). The minimum Gasteiger partial charge on any atom is -0.454 e. The molecule has 0 radical (unpaired) electrons. The maximum Gasteiger partial charge on any atom is 0.306 e. The fraction of sp³-hybridized carbons (Fsp3) is 0.905. The van der Waals surface area contributed by atoms with Gasteiger partial charge < -0.3 is 45.1 Å². The van der Waals surface area contributed by atoms with Gasteiger partial charge in [-0.2, -0.15) is 0 Å². The van der Waals surface area contributed by atoms with Gasteiger partial charge in [-0.05, 0) is 51.4 Å². The summed E-state index contributed by atoms with van der Waals surface area (Å²) in [6, 6.07) is -1.02. The zero-order chi connectivity index (χ0) is 54.0. The predicted octanol–water partition coefficient (Wildman–Crippen LogP) is 14.9. The zero-order valence-corrected chi connectivity index (χ0v) is 48.2. The Hall–Kier alpha value is -1.86. The molecule has 1 fully saturated rings. The number of esters is 1. The van der Waals surface area contributed by atoms with E-state index in [1.807, 2.05) is 6.08 Å². The first-order valence-corrected chi connectivity index (χ1v) is 31.6. The number of hydrogen-bond donors (Lipinski definition) is 6. The van der Waals surface area contributed by atoms with Crippen LogP contribution in [0.5, 0.6) is 0 Å². The molecular weight excluding hydrogens is 931 g/mol. The van der Waals surface area contributed by atoms with E-state index in [9.17, 15) is 35.1 Å². The topological polar surface area (TPSA) is 175 Å². The number of aliphatic hydroxyl groups is 5. The highest BCUT2D eigenvalue weighted by Gasteiger charge is 2.47. The first kappa shape index (κ1) is 70.2. The summed E-state index contributed by atoms with van der Waals surface area (Å²) in [6.45, 7) is 5.81. The highest BCUT2D eigenvalue weighted by atomic mass is 16.7. The number of carbonyl (C=O) groups excluding carboxylic acids is 2. The Balaban J connectivity index is 2.68. The largest absolute Gasteiger partial charge is 0.454 e. The molecule has 1 heterocycles. The summed E-state index contributed by atoms with van der Waals surface area (Å²) < 4.78 is 17.6. The molecule has 0 aromatic carbocycles. The fourth-order valence-electron chi connectivity index (χ4n) is 10.1. The standard InChI is InChI=1S/C63H119NO10/c1-4-7-10-13-16-19-22-25-27-28-29-30-32-35-38-41-44-47-50-56(67)62(71)64-54(55(66)49-46-43-40-37-34-31-24-21-18-15-12-9-6-3)53-72-63-61(60(70)59(69)57(52-65)73-63)74-58(68)51-48-45-42-39-36-33-26-23-20-17-14-11-8-5-2/h25,27,46,49,54-57,59-61,63,65-67,69-70H,4-24,26,28-45,47-48,50-53H2,1-3H3,(H,64,71)/b27-25+,49-46+. The molecule has 1 aliphatic heterocycles. The van der Waals surface area contributed by atoms with Gasteiger partial charge in [-0.15, -0.1) is 0 Å². The van der Waals surface area contributed by atoms with E-state index in [1.54, 1.807) is 6.08 Å². The molecule has 436 valence electrons. The van der Waals surface area contributed by atoms with Crippen LogP contribution < -0.4 is 5.32 Å². The molecule has 6 N–H and O–H groups in total. The van der Waals surface area contributed by atoms with Crippen LogP contribution in [0.3, 0.4) is 0 Å². The van der Waals surface area contributed by atoms with Gasteiger partial charge in [0.15, 0.2) is 12.4 Å². The van der Waals surface area contributed by atoms with E-state index in [0.29, 0.717) is 19.3 Å². The number of unbranched alkanes of at least 4 members (excludes halogenated alkanes) is 38. The van der Waals surface area contributed by atoms with Crippen LogP contribution in [0.1, 0.15) is 303 Å². The number of rotatable bonds is 54. The van der Waals surface area contributed by atoms with Crippen molar-refractivity contribution in [3.8, 4) is 0 Å². The third-order valence-electron chi connectivity index (χ3n) is 15.1. The van der Waals surface area contributed by atoms with Crippen LogP contribution in [0.15, 0.2) is 24.3 Å². The van der Waals surface area contributed by atoms with Crippen molar-refractivity contribution >= 4 is 11.9 Å². The maximum atomic E-state index is 13.4. The van der Waals surface area contributed by atoms with Crippen molar-refractivity contribution in [2.24, 2.45) is 0 Å². The van der Waals surface area contributed by atoms with Gasteiger partial charge in [0, 0.05) is 6.42 Å². The summed E-state index contributed by atoms with van der Waals surface area (Å²) in [4.78, 5) is 26.5. The molecule has 0 spiro atoms. The van der Waals surface area contributed by atoms with Crippen molar-refractivity contribution in [2.45, 2.75) is 352 Å². The molecule has 11 heteroatoms. The monoisotopic (exact) mass is 1050 g/mol. The van der Waals surface area contributed by atoms with Crippen molar-refractivity contribution in [1.29, 1.82) is 0 Å². The second-order valence-corrected chi connectivity index (χ2v) is 22.1. The lowest BCUT2D eigenvalue weighted by molar-refractivity contribution is -0.305. The molecule has 11 nitrogen and oxygen atoms in total. The highest BCUT2D eigenvalue weighted by Crippen LogP contribution is 2.26. The van der Waals surface area contributed by atoms with Gasteiger partial charge in [0.1, 0.15) is 24.4 Å². The van der Waals surface area contributed by atoms with Gasteiger partial charge in [-0.3, -0.25) is 9.59 Å². The van der Waals surface area contributed by atoms with Crippen LogP contribution in [0.25, 0.3) is 0 Å². The number of carbonyl (C=O) groups is 2. The molecule has 0 aromatic rings. The molecule has 1 amide bonds. The number of allylic oxidation sites excluding steroid dienone is 3. The Morgan fingerprint density at radius 3 is 1.31 bits per heavy atom. The Morgan fingerprint density at radius 1 is 0.514 bits per heavy atom. The first-order valence-electron chi connectivity index (χ1n) is 31.6. The van der Waals surface area contributed by atoms with Crippen molar-refractivity contribution in [3.05, 3.63) is 24.3 Å². The van der Waals surface area contributed by atoms with E-state index in [4.69, 9.17) is 14.2 Å². The minimum absolute atomic E-state index is 0.129. The van der Waals surface area contributed by atoms with Crippen LogP contribution >= 0.6 is 0 Å². The summed E-state index contributed by atoms with van der Waals surface area (Å²) in [6.07, 6.45) is 49.2. The van der Waals surface area contributed by atoms with Crippen molar-refractivity contribution in [1.82, 2.24) is 5.32 Å². The molecule has 0 aromatic heterocycles. The van der Waals surface area contributed by atoms with Crippen LogP contribution in [0, 0.1) is 0 Å². The van der Waals surface area contributed by atoms with Gasteiger partial charge in [0.2, 0.25) is 5.91 Å². The van der Waals surface area contributed by atoms with E-state index >= 15 is 0 Å². The van der Waals surface area contributed by atoms with E-state index in [1.165, 1.54) is 193 Å². The van der Waals surface area contributed by atoms with Gasteiger partial charge in [0.25, 0.3) is 0 Å². The molecule has 8 unspecified atom stereocenters. The second kappa shape index (κ2) is 51.9. The average molecular weight is 1050 g/mol. The summed E-state index contributed by atoms with van der Waals surface area (Å²) >= 11 is 0. The predicted molar refractivity (Wildman–Crippen MR) is 306 cm³/mol. The fourth-order valence-corrected chi connectivity index (χ4v) is 10.1. The van der Waals surface area contributed by atoms with Crippen LogP contribution in [-0.2, 0) is 23.8 Å². The first-order chi connectivity index (χ1) is 36.2. The van der Waals surface area contributed by atoms with Gasteiger partial charge in [0.05, 0.1) is 25.4 Å². The lowest BCUT2D eigenvalue weighted by Gasteiger charge is -2.41. The zero-order valence-electron chi connectivity index (χ0n) is 48.2. The summed E-state index contributed by atoms with van der Waals surface area (Å²) in [7, 11) is 0. The van der Waals surface area contributed by atoms with Crippen LogP contribution in [-0.4, -0.2) is 99.6 Å². The third-order valence-corrected chi connectivity index (χ3v) is 15.1. The van der Waals surface area contributed by atoms with E-state index in [2.05, 4.69) is 38.2 Å². The van der Waals surface area contributed by atoms with E-state index in [-0.39, 0.29) is 13.0 Å². The van der Waals surface area contributed by atoms with Crippen LogP contribution in [0.2, 0.25) is 0 Å². The number of amides is 1. The number of hydrogen-bond acceptors (Lipinski definition) is 10. The smallest absolute Gasteiger partial charge is 0.306 e. The Kier molecular flexibility index (Phi) is 49.2. The molecular formula is C63H119NO10. The minimum atomic E-state index is -1.61. The summed E-state index contributed by atoms with van der Waals surface area (Å²) in [5.74, 6) is -1.18. The molecule has 0 saturated carbocycles. The molecule has 74 heavy (non-hydrogen) atoms. The summed E-state index contributed by atoms with van der Waals surface area (Å²) in [5, 5.41) is 57.0. The highest BCUT2D eigenvalue weighted by molar-refractivity contribution is 5.80. The molecule has 8 atom stereocenters. The van der Waals surface area contributed by atoms with Gasteiger partial charge in [-0.1, -0.05) is 270 Å². The number of aliphatic hydroxyl groups excluding tert-OH is 5. The van der Waals surface area contributed by atoms with Crippen molar-refractivity contribution in [2.75, 3.05) is 13.2 Å². The number of ether oxygens (including phenoxy) is 3. The van der Waals surface area contributed by atoms with E-state index < -0.39 is 67.4 Å². The van der Waals surface area contributed by atoms with Crippen molar-refractivity contribution < 1.29 is 49.3 Å². The lowest BCUT2D eigenvalue weighted by Crippen LogP contribution is -2.61. The Morgan fingerprint density at radius 2 is 0.892 bits per heavy atom. The van der Waals surface area contributed by atoms with Crippen molar-refractivity contribution in [3.63, 3.8) is 0 Å². The normalized spacial score (nSPS) is 19.4. The molecule has 1 saturated heterocycles. The SMILES string of the molecule is CCCCCCCC/C=C/CCCCCCCCCCC(O)C(=O)NC(COC1OC(CO)C(O)C(O)C1OC(=O)CCCCCCCCCCCCCCCC)C(O)/C=C/CCCCCCCCCCCCC. The average Bonchev–Trinajstić information content (AvgIpc) is 3.40. The third kappa shape index (κ3) is 39.5. The van der Waals surface area contributed by atoms with Gasteiger partial charge in [-0.25, -0.2) is 0 Å². The Bertz CT molecular complexity index is 1300.